The average Bonchev–Trinajstić information content (AvgIpc) is 2.94. The lowest BCUT2D eigenvalue weighted by atomic mass is 10.2. The number of rotatable bonds is 4. The van der Waals surface area contributed by atoms with Crippen LogP contribution in [0, 0.1) is 5.82 Å². The highest BCUT2D eigenvalue weighted by Gasteiger charge is 2.20. The number of carbonyl (C=O) groups is 1. The lowest BCUT2D eigenvalue weighted by molar-refractivity contribution is -0.132. The molecule has 0 radical (unpaired) electrons. The van der Waals surface area contributed by atoms with Crippen LogP contribution in [0.5, 0.6) is 0 Å². The molecule has 8 heteroatoms. The Kier molecular flexibility index (Phi) is 6.04. The number of nitrogens with zero attached hydrogens (tertiary/aromatic N) is 3. The Morgan fingerprint density at radius 2 is 2.00 bits per heavy atom. The van der Waals surface area contributed by atoms with Crippen LogP contribution in [0.4, 0.5) is 10.4 Å². The van der Waals surface area contributed by atoms with E-state index >= 15 is 0 Å². The number of hydrogen-bond donors (Lipinski definition) is 2. The number of amides is 1. The van der Waals surface area contributed by atoms with Crippen molar-refractivity contribution in [1.82, 2.24) is 15.1 Å². The summed E-state index contributed by atoms with van der Waals surface area (Å²) in [5.41, 5.74) is 0.626. The Morgan fingerprint density at radius 3 is 2.57 bits per heavy atom. The predicted octanol–water partition coefficient (Wildman–Crippen LogP) is 1.52. The lowest BCUT2D eigenvalue weighted by Crippen LogP contribution is -2.44. The van der Waals surface area contributed by atoms with Crippen molar-refractivity contribution in [3.8, 4) is 11.5 Å². The van der Waals surface area contributed by atoms with E-state index in [4.69, 9.17) is 9.52 Å². The molecule has 0 spiro atoms. The minimum atomic E-state index is -0.327. The van der Waals surface area contributed by atoms with Gasteiger partial charge in [-0.05, 0) is 37.6 Å². The average molecular weight is 322 g/mol. The van der Waals surface area contributed by atoms with Crippen LogP contribution in [-0.4, -0.2) is 52.4 Å². The van der Waals surface area contributed by atoms with Crippen molar-refractivity contribution in [3.05, 3.63) is 30.1 Å². The van der Waals surface area contributed by atoms with Gasteiger partial charge in [0, 0.05) is 25.3 Å². The van der Waals surface area contributed by atoms with Gasteiger partial charge in [-0.2, -0.15) is 0 Å². The fourth-order valence-corrected chi connectivity index (χ4v) is 1.83. The van der Waals surface area contributed by atoms with Gasteiger partial charge in [0.05, 0.1) is 6.54 Å². The van der Waals surface area contributed by atoms with Gasteiger partial charge in [-0.1, -0.05) is 5.10 Å². The number of aliphatic hydroxyl groups is 1. The number of anilines is 1. The molecule has 124 valence electrons. The molecule has 1 aromatic heterocycles. The number of aromatic nitrogens is 2. The van der Waals surface area contributed by atoms with E-state index in [-0.39, 0.29) is 36.8 Å². The molecular weight excluding hydrogens is 303 g/mol. The normalized spacial score (nSPS) is 12.9. The third kappa shape index (κ3) is 4.75. The lowest BCUT2D eigenvalue weighted by Gasteiger charge is -2.30. The molecule has 1 aromatic carbocycles. The van der Waals surface area contributed by atoms with Crippen LogP contribution in [0.2, 0.25) is 0 Å². The second-order valence-electron chi connectivity index (χ2n) is 4.82. The first-order chi connectivity index (χ1) is 11.1. The molecule has 3 rings (SSSR count). The van der Waals surface area contributed by atoms with Crippen LogP contribution in [0.1, 0.15) is 13.3 Å². The summed E-state index contributed by atoms with van der Waals surface area (Å²) in [4.78, 5) is 13.4. The van der Waals surface area contributed by atoms with Crippen molar-refractivity contribution < 1.29 is 18.7 Å². The van der Waals surface area contributed by atoms with Crippen LogP contribution in [0.15, 0.2) is 28.7 Å². The molecule has 1 aliphatic rings. The monoisotopic (exact) mass is 322 g/mol. The zero-order valence-corrected chi connectivity index (χ0v) is 12.8. The Hall–Kier alpha value is -2.48. The van der Waals surface area contributed by atoms with Crippen LogP contribution in [0.3, 0.4) is 0 Å². The highest BCUT2D eigenvalue weighted by Crippen LogP contribution is 2.19. The predicted molar refractivity (Wildman–Crippen MR) is 82.1 cm³/mol. The third-order valence-electron chi connectivity index (χ3n) is 3.12. The first-order valence-corrected chi connectivity index (χ1v) is 7.36. The standard InChI is InChI=1S/C13H13FN4O2.C2H6O/c14-10-4-2-9(3-5-10)12-16-17-13(20-12)15-8-11(19)18-6-1-7-18;1-2-3/h2-5H,1,6-8H2,(H,15,17);3H,2H2,1H3. The van der Waals surface area contributed by atoms with E-state index in [0.29, 0.717) is 5.56 Å². The first kappa shape index (κ1) is 16.9. The van der Waals surface area contributed by atoms with Crippen LogP contribution in [0.25, 0.3) is 11.5 Å². The Morgan fingerprint density at radius 1 is 1.35 bits per heavy atom. The summed E-state index contributed by atoms with van der Waals surface area (Å²) in [6, 6.07) is 5.92. The summed E-state index contributed by atoms with van der Waals surface area (Å²) in [5, 5.41) is 18.0. The number of benzene rings is 1. The topological polar surface area (TPSA) is 91.5 Å². The van der Waals surface area contributed by atoms with Gasteiger partial charge >= 0.3 is 6.01 Å². The molecule has 7 nitrogen and oxygen atoms in total. The molecule has 23 heavy (non-hydrogen) atoms. The van der Waals surface area contributed by atoms with Crippen molar-refractivity contribution in [2.75, 3.05) is 31.6 Å². The molecule has 1 fully saturated rings. The number of carbonyl (C=O) groups excluding carboxylic acids is 1. The van der Waals surface area contributed by atoms with Crippen LogP contribution >= 0.6 is 0 Å². The zero-order valence-electron chi connectivity index (χ0n) is 12.8. The van der Waals surface area contributed by atoms with Crippen molar-refractivity contribution in [1.29, 1.82) is 0 Å². The smallest absolute Gasteiger partial charge is 0.316 e. The summed E-state index contributed by atoms with van der Waals surface area (Å²) in [7, 11) is 0. The van der Waals surface area contributed by atoms with E-state index in [1.54, 1.807) is 24.0 Å². The van der Waals surface area contributed by atoms with E-state index in [2.05, 4.69) is 15.5 Å². The molecule has 2 N–H and O–H groups in total. The molecule has 2 heterocycles. The van der Waals surface area contributed by atoms with Crippen LogP contribution in [-0.2, 0) is 4.79 Å². The maximum absolute atomic E-state index is 12.8. The molecule has 0 unspecified atom stereocenters. The summed E-state index contributed by atoms with van der Waals surface area (Å²) >= 11 is 0. The summed E-state index contributed by atoms with van der Waals surface area (Å²) < 4.78 is 18.2. The van der Waals surface area contributed by atoms with Gasteiger partial charge in [-0.25, -0.2) is 4.39 Å². The molecule has 0 saturated carbocycles. The second-order valence-corrected chi connectivity index (χ2v) is 4.82. The molecule has 1 amide bonds. The Bertz CT molecular complexity index is 626. The quantitative estimate of drug-likeness (QED) is 0.887. The van der Waals surface area contributed by atoms with Crippen molar-refractivity contribution in [2.24, 2.45) is 0 Å². The number of nitrogens with one attached hydrogen (secondary N) is 1. The molecular formula is C15H19FN4O3. The van der Waals surface area contributed by atoms with Gasteiger partial charge in [-0.15, -0.1) is 5.10 Å². The van der Waals surface area contributed by atoms with Gasteiger partial charge in [0.15, 0.2) is 0 Å². The SMILES string of the molecule is CCO.O=C(CNc1nnc(-c2ccc(F)cc2)o1)N1CCC1. The van der Waals surface area contributed by atoms with E-state index in [9.17, 15) is 9.18 Å². The Labute approximate surface area is 133 Å². The maximum Gasteiger partial charge on any atom is 0.316 e. The van der Waals surface area contributed by atoms with E-state index < -0.39 is 0 Å². The minimum Gasteiger partial charge on any atom is -0.403 e. The summed E-state index contributed by atoms with van der Waals surface area (Å²) in [5.74, 6) is -0.0339. The molecule has 0 bridgehead atoms. The maximum atomic E-state index is 12.8. The van der Waals surface area contributed by atoms with Gasteiger partial charge in [0.1, 0.15) is 5.82 Å². The fraction of sp³-hybridized carbons (Fsp3) is 0.400. The largest absolute Gasteiger partial charge is 0.403 e. The summed E-state index contributed by atoms with van der Waals surface area (Å²) in [6.45, 7) is 3.68. The second kappa shape index (κ2) is 8.23. The molecule has 1 saturated heterocycles. The molecule has 0 aliphatic carbocycles. The number of halogens is 1. The summed E-state index contributed by atoms with van der Waals surface area (Å²) in [6.07, 6.45) is 1.06. The van der Waals surface area contributed by atoms with E-state index in [1.165, 1.54) is 12.1 Å². The van der Waals surface area contributed by atoms with Crippen LogP contribution < -0.4 is 5.32 Å². The zero-order chi connectivity index (χ0) is 16.7. The highest BCUT2D eigenvalue weighted by molar-refractivity contribution is 5.80. The highest BCUT2D eigenvalue weighted by atomic mass is 19.1. The van der Waals surface area contributed by atoms with Gasteiger partial charge in [-0.3, -0.25) is 4.79 Å². The minimum absolute atomic E-state index is 0.0118. The van der Waals surface area contributed by atoms with Crippen molar-refractivity contribution in [3.63, 3.8) is 0 Å². The number of likely N-dealkylation sites (tertiary alicyclic amines) is 1. The van der Waals surface area contributed by atoms with Crippen molar-refractivity contribution >= 4 is 11.9 Å². The molecule has 1 aliphatic heterocycles. The number of hydrogen-bond acceptors (Lipinski definition) is 6. The first-order valence-electron chi connectivity index (χ1n) is 7.36. The van der Waals surface area contributed by atoms with Crippen molar-refractivity contribution in [2.45, 2.75) is 13.3 Å². The van der Waals surface area contributed by atoms with Gasteiger partial charge < -0.3 is 19.7 Å². The van der Waals surface area contributed by atoms with E-state index in [0.717, 1.165) is 19.5 Å². The number of aliphatic hydroxyl groups excluding tert-OH is 1. The van der Waals surface area contributed by atoms with Gasteiger partial charge in [0.25, 0.3) is 0 Å². The fourth-order valence-electron chi connectivity index (χ4n) is 1.83. The van der Waals surface area contributed by atoms with E-state index in [1.807, 2.05) is 0 Å². The third-order valence-corrected chi connectivity index (χ3v) is 3.12. The molecule has 0 atom stereocenters. The Balaban J connectivity index is 0.000000595. The van der Waals surface area contributed by atoms with Gasteiger partial charge in [0.2, 0.25) is 11.8 Å². The molecule has 2 aromatic rings.